The van der Waals surface area contributed by atoms with E-state index in [0.29, 0.717) is 35.6 Å². The molecule has 0 saturated heterocycles. The summed E-state index contributed by atoms with van der Waals surface area (Å²) in [6.07, 6.45) is 0.987. The van der Waals surface area contributed by atoms with Gasteiger partial charge in [0.05, 0.1) is 20.0 Å². The van der Waals surface area contributed by atoms with Gasteiger partial charge in [-0.15, -0.1) is 0 Å². The number of methoxy groups -OCH3 is 2. The zero-order chi connectivity index (χ0) is 18.7. The fourth-order valence-electron chi connectivity index (χ4n) is 2.85. The molecule has 2 aromatic rings. The molecular formula is C18H20N2O5S. The summed E-state index contributed by atoms with van der Waals surface area (Å²) in [7, 11) is -0.581. The monoisotopic (exact) mass is 376 g/mol. The molecule has 1 heterocycles. The molecule has 1 aliphatic heterocycles. The maximum atomic E-state index is 12.5. The molecule has 138 valence electrons. The highest BCUT2D eigenvalue weighted by Crippen LogP contribution is 2.29. The van der Waals surface area contributed by atoms with Crippen molar-refractivity contribution in [3.8, 4) is 11.5 Å². The summed E-state index contributed by atoms with van der Waals surface area (Å²) in [4.78, 5) is 11.4. The normalized spacial score (nSPS) is 13.5. The smallest absolute Gasteiger partial charge is 0.236 e. The number of amides is 1. The summed E-state index contributed by atoms with van der Waals surface area (Å²) in [6.45, 7) is 0. The summed E-state index contributed by atoms with van der Waals surface area (Å²) < 4.78 is 37.9. The second-order valence-electron chi connectivity index (χ2n) is 5.97. The Kier molecular flexibility index (Phi) is 5.03. The molecule has 0 atom stereocenters. The SMILES string of the molecule is COc1ccc(CS(=O)(=O)Nc2ccc3c(c2)CCC(=O)N3)cc1OC. The number of nitrogens with one attached hydrogen (secondary N) is 2. The molecule has 1 amide bonds. The average Bonchev–Trinajstić information content (AvgIpc) is 2.61. The molecule has 1 aliphatic rings. The van der Waals surface area contributed by atoms with Gasteiger partial charge in [0, 0.05) is 17.8 Å². The van der Waals surface area contributed by atoms with Crippen molar-refractivity contribution in [2.24, 2.45) is 0 Å². The fourth-order valence-corrected chi connectivity index (χ4v) is 4.03. The van der Waals surface area contributed by atoms with E-state index < -0.39 is 10.0 Å². The number of ether oxygens (including phenoxy) is 2. The zero-order valence-corrected chi connectivity index (χ0v) is 15.4. The molecule has 0 saturated carbocycles. The van der Waals surface area contributed by atoms with E-state index in [2.05, 4.69) is 10.0 Å². The highest BCUT2D eigenvalue weighted by molar-refractivity contribution is 7.91. The third-order valence-electron chi connectivity index (χ3n) is 4.08. The number of carbonyl (C=O) groups is 1. The van der Waals surface area contributed by atoms with E-state index in [-0.39, 0.29) is 11.7 Å². The number of fused-ring (bicyclic) bond motifs is 1. The van der Waals surface area contributed by atoms with Crippen molar-refractivity contribution >= 4 is 27.3 Å². The summed E-state index contributed by atoms with van der Waals surface area (Å²) in [5, 5.41) is 2.77. The van der Waals surface area contributed by atoms with Gasteiger partial charge in [-0.2, -0.15) is 0 Å². The lowest BCUT2D eigenvalue weighted by Crippen LogP contribution is -2.20. The molecule has 0 unspecified atom stereocenters. The molecule has 0 aliphatic carbocycles. The van der Waals surface area contributed by atoms with Crippen molar-refractivity contribution in [1.82, 2.24) is 0 Å². The Morgan fingerprint density at radius 3 is 2.54 bits per heavy atom. The van der Waals surface area contributed by atoms with Gasteiger partial charge in [-0.25, -0.2) is 8.42 Å². The molecule has 0 bridgehead atoms. The van der Waals surface area contributed by atoms with Crippen LogP contribution in [0.5, 0.6) is 11.5 Å². The predicted octanol–water partition coefficient (Wildman–Crippen LogP) is 2.53. The van der Waals surface area contributed by atoms with Crippen LogP contribution in [0.1, 0.15) is 17.5 Å². The third kappa shape index (κ3) is 4.08. The lowest BCUT2D eigenvalue weighted by Gasteiger charge is -2.18. The minimum absolute atomic E-state index is 0.0284. The second-order valence-corrected chi connectivity index (χ2v) is 7.69. The van der Waals surface area contributed by atoms with Crippen molar-refractivity contribution in [3.63, 3.8) is 0 Å². The lowest BCUT2D eigenvalue weighted by atomic mass is 10.0. The highest BCUT2D eigenvalue weighted by atomic mass is 32.2. The maximum Gasteiger partial charge on any atom is 0.236 e. The van der Waals surface area contributed by atoms with Gasteiger partial charge in [0.1, 0.15) is 0 Å². The predicted molar refractivity (Wildman–Crippen MR) is 99.2 cm³/mol. The first-order valence-electron chi connectivity index (χ1n) is 8.04. The van der Waals surface area contributed by atoms with Gasteiger partial charge < -0.3 is 14.8 Å². The lowest BCUT2D eigenvalue weighted by molar-refractivity contribution is -0.116. The number of carbonyl (C=O) groups excluding carboxylic acids is 1. The Bertz CT molecular complexity index is 941. The number of rotatable bonds is 6. The van der Waals surface area contributed by atoms with Crippen molar-refractivity contribution in [2.75, 3.05) is 24.3 Å². The van der Waals surface area contributed by atoms with Gasteiger partial charge in [0.15, 0.2) is 11.5 Å². The number of hydrogen-bond acceptors (Lipinski definition) is 5. The van der Waals surface area contributed by atoms with Crippen LogP contribution in [0, 0.1) is 0 Å². The van der Waals surface area contributed by atoms with Crippen LogP contribution in [-0.4, -0.2) is 28.5 Å². The molecular weight excluding hydrogens is 356 g/mol. The van der Waals surface area contributed by atoms with Gasteiger partial charge in [-0.3, -0.25) is 9.52 Å². The number of sulfonamides is 1. The van der Waals surface area contributed by atoms with Gasteiger partial charge in [-0.05, 0) is 47.9 Å². The molecule has 8 heteroatoms. The van der Waals surface area contributed by atoms with Crippen LogP contribution in [-0.2, 0) is 27.0 Å². The molecule has 0 spiro atoms. The Labute approximate surface area is 152 Å². The van der Waals surface area contributed by atoms with Crippen LogP contribution in [0.15, 0.2) is 36.4 Å². The Hall–Kier alpha value is -2.74. The first-order chi connectivity index (χ1) is 12.4. The van der Waals surface area contributed by atoms with E-state index in [0.717, 1.165) is 11.3 Å². The summed E-state index contributed by atoms with van der Waals surface area (Å²) >= 11 is 0. The summed E-state index contributed by atoms with van der Waals surface area (Å²) in [5.74, 6) is 0.795. The molecule has 26 heavy (non-hydrogen) atoms. The quantitative estimate of drug-likeness (QED) is 0.808. The van der Waals surface area contributed by atoms with E-state index in [1.165, 1.54) is 14.2 Å². The molecule has 0 radical (unpaired) electrons. The zero-order valence-electron chi connectivity index (χ0n) is 14.5. The number of benzene rings is 2. The molecule has 0 aromatic heterocycles. The van der Waals surface area contributed by atoms with Crippen molar-refractivity contribution in [2.45, 2.75) is 18.6 Å². The Morgan fingerprint density at radius 1 is 1.04 bits per heavy atom. The second kappa shape index (κ2) is 7.25. The minimum atomic E-state index is -3.60. The van der Waals surface area contributed by atoms with E-state index in [1.807, 2.05) is 0 Å². The summed E-state index contributed by atoms with van der Waals surface area (Å²) in [5.41, 5.74) is 2.70. The van der Waals surface area contributed by atoms with Crippen LogP contribution in [0.4, 0.5) is 11.4 Å². The topological polar surface area (TPSA) is 93.7 Å². The molecule has 3 rings (SSSR count). The average molecular weight is 376 g/mol. The van der Waals surface area contributed by atoms with E-state index >= 15 is 0 Å². The first kappa shape index (κ1) is 18.1. The minimum Gasteiger partial charge on any atom is -0.493 e. The van der Waals surface area contributed by atoms with Crippen LogP contribution >= 0.6 is 0 Å². The van der Waals surface area contributed by atoms with E-state index in [1.54, 1.807) is 36.4 Å². The number of hydrogen-bond donors (Lipinski definition) is 2. The molecule has 2 aromatic carbocycles. The van der Waals surface area contributed by atoms with Gasteiger partial charge >= 0.3 is 0 Å². The van der Waals surface area contributed by atoms with Gasteiger partial charge in [0.25, 0.3) is 0 Å². The molecule has 0 fully saturated rings. The molecule has 2 N–H and O–H groups in total. The van der Waals surface area contributed by atoms with Crippen molar-refractivity contribution < 1.29 is 22.7 Å². The first-order valence-corrected chi connectivity index (χ1v) is 9.69. The van der Waals surface area contributed by atoms with E-state index in [9.17, 15) is 13.2 Å². The van der Waals surface area contributed by atoms with Crippen LogP contribution in [0.3, 0.4) is 0 Å². The number of anilines is 2. The Balaban J connectivity index is 1.76. The van der Waals surface area contributed by atoms with Crippen LogP contribution < -0.4 is 19.5 Å². The third-order valence-corrected chi connectivity index (χ3v) is 5.34. The van der Waals surface area contributed by atoms with E-state index in [4.69, 9.17) is 9.47 Å². The van der Waals surface area contributed by atoms with Crippen molar-refractivity contribution in [3.05, 3.63) is 47.5 Å². The fraction of sp³-hybridized carbons (Fsp3) is 0.278. The molecule has 7 nitrogen and oxygen atoms in total. The van der Waals surface area contributed by atoms with Gasteiger partial charge in [0.2, 0.25) is 15.9 Å². The van der Waals surface area contributed by atoms with Gasteiger partial charge in [-0.1, -0.05) is 6.07 Å². The highest BCUT2D eigenvalue weighted by Gasteiger charge is 2.18. The maximum absolute atomic E-state index is 12.5. The van der Waals surface area contributed by atoms with Crippen molar-refractivity contribution in [1.29, 1.82) is 0 Å². The van der Waals surface area contributed by atoms with Crippen LogP contribution in [0.25, 0.3) is 0 Å². The Morgan fingerprint density at radius 2 is 1.81 bits per heavy atom. The summed E-state index contributed by atoms with van der Waals surface area (Å²) in [6, 6.07) is 10.1. The van der Waals surface area contributed by atoms with Crippen LogP contribution in [0.2, 0.25) is 0 Å². The largest absolute Gasteiger partial charge is 0.493 e. The standard InChI is InChI=1S/C18H20N2O5S/c1-24-16-7-3-12(9-17(16)25-2)11-26(22,23)20-14-5-6-15-13(10-14)4-8-18(21)19-15/h3,5-7,9-10,20H,4,8,11H2,1-2H3,(H,19,21). The number of aryl methyl sites for hydroxylation is 1.